The number of rotatable bonds is 4. The third-order valence-electron chi connectivity index (χ3n) is 3.98. The maximum absolute atomic E-state index is 12.2. The molecule has 1 aliphatic carbocycles. The van der Waals surface area contributed by atoms with Crippen molar-refractivity contribution in [3.05, 3.63) is 48.0 Å². The van der Waals surface area contributed by atoms with Crippen molar-refractivity contribution in [1.29, 1.82) is 0 Å². The molecule has 0 saturated heterocycles. The topological polar surface area (TPSA) is 55.1 Å². The zero-order valence-corrected chi connectivity index (χ0v) is 11.9. The van der Waals surface area contributed by atoms with Crippen LogP contribution in [-0.2, 0) is 11.3 Å². The molecule has 2 aromatic rings. The molecule has 0 unspecified atom stereocenters. The molecular weight excluding hydrogens is 268 g/mol. The van der Waals surface area contributed by atoms with Gasteiger partial charge >= 0.3 is 0 Å². The molecule has 1 aliphatic rings. The second kappa shape index (κ2) is 4.87. The largest absolute Gasteiger partial charge is 0.392 e. The van der Waals surface area contributed by atoms with Crippen LogP contribution in [0.5, 0.6) is 0 Å². The fourth-order valence-electron chi connectivity index (χ4n) is 2.50. The molecule has 1 amide bonds. The Balaban J connectivity index is 1.78. The monoisotopic (exact) mass is 284 g/mol. The molecule has 1 saturated carbocycles. The number of fused-ring (bicyclic) bond motifs is 1. The molecule has 3 rings (SSSR count). The maximum atomic E-state index is 12.2. The van der Waals surface area contributed by atoms with Gasteiger partial charge in [0, 0.05) is 6.54 Å². The lowest BCUT2D eigenvalue weighted by Crippen LogP contribution is -2.39. The van der Waals surface area contributed by atoms with Gasteiger partial charge in [0.15, 0.2) is 0 Å². The zero-order valence-electron chi connectivity index (χ0n) is 11.1. The molecule has 0 aliphatic heterocycles. The lowest BCUT2D eigenvalue weighted by atomic mass is 10.0. The third-order valence-corrected chi connectivity index (χ3v) is 4.37. The molecule has 0 heterocycles. The van der Waals surface area contributed by atoms with Crippen molar-refractivity contribution in [2.75, 3.05) is 0 Å². The fourth-order valence-corrected chi connectivity index (χ4v) is 2.80. The summed E-state index contributed by atoms with van der Waals surface area (Å²) in [5, 5.41) is 5.31. The van der Waals surface area contributed by atoms with Gasteiger partial charge in [-0.2, -0.15) is 0 Å². The number of carbonyl (C=O) groups is 1. The van der Waals surface area contributed by atoms with Crippen LogP contribution in [0.25, 0.3) is 10.8 Å². The van der Waals surface area contributed by atoms with Gasteiger partial charge in [-0.25, -0.2) is 0 Å². The van der Waals surface area contributed by atoms with E-state index in [0.29, 0.717) is 11.5 Å². The highest BCUT2D eigenvalue weighted by atomic mass is 32.1. The number of nitrogens with one attached hydrogen (secondary N) is 1. The minimum absolute atomic E-state index is 0.0436. The summed E-state index contributed by atoms with van der Waals surface area (Å²) in [5.41, 5.74) is 6.19. The molecule has 3 N–H and O–H groups in total. The molecule has 2 aromatic carbocycles. The first-order valence-corrected chi connectivity index (χ1v) is 7.09. The van der Waals surface area contributed by atoms with E-state index in [9.17, 15) is 4.79 Å². The Morgan fingerprint density at radius 3 is 2.60 bits per heavy atom. The molecule has 20 heavy (non-hydrogen) atoms. The van der Waals surface area contributed by atoms with Crippen molar-refractivity contribution < 1.29 is 4.79 Å². The number of carbonyl (C=O) groups excluding carboxylic acids is 1. The molecule has 3 nitrogen and oxygen atoms in total. The fraction of sp³-hybridized carbons (Fsp3) is 0.250. The van der Waals surface area contributed by atoms with Crippen molar-refractivity contribution in [2.24, 2.45) is 11.1 Å². The normalized spacial score (nSPS) is 15.8. The highest BCUT2D eigenvalue weighted by Gasteiger charge is 2.52. The van der Waals surface area contributed by atoms with E-state index in [-0.39, 0.29) is 5.91 Å². The highest BCUT2D eigenvalue weighted by molar-refractivity contribution is 7.80. The molecule has 1 fully saturated rings. The Morgan fingerprint density at radius 1 is 1.20 bits per heavy atom. The van der Waals surface area contributed by atoms with Crippen molar-refractivity contribution in [2.45, 2.75) is 19.4 Å². The van der Waals surface area contributed by atoms with Crippen molar-refractivity contribution in [3.8, 4) is 0 Å². The number of hydrogen-bond acceptors (Lipinski definition) is 2. The van der Waals surface area contributed by atoms with E-state index in [0.717, 1.165) is 23.8 Å². The molecular formula is C16H16N2OS. The number of hydrogen-bond donors (Lipinski definition) is 2. The molecule has 0 radical (unpaired) electrons. The van der Waals surface area contributed by atoms with Gasteiger partial charge in [-0.3, -0.25) is 4.79 Å². The summed E-state index contributed by atoms with van der Waals surface area (Å²) in [6.07, 6.45) is 1.54. The van der Waals surface area contributed by atoms with Crippen LogP contribution in [0.2, 0.25) is 0 Å². The van der Waals surface area contributed by atoms with Gasteiger partial charge in [0.1, 0.15) is 0 Å². The predicted octanol–water partition coefficient (Wildman–Crippen LogP) is 2.52. The van der Waals surface area contributed by atoms with Gasteiger partial charge in [-0.05, 0) is 29.2 Å². The van der Waals surface area contributed by atoms with Crippen LogP contribution in [0, 0.1) is 5.41 Å². The second-order valence-electron chi connectivity index (χ2n) is 5.27. The third kappa shape index (κ3) is 2.16. The first kappa shape index (κ1) is 13.1. The molecule has 0 spiro atoms. The first-order chi connectivity index (χ1) is 9.63. The van der Waals surface area contributed by atoms with E-state index in [1.165, 1.54) is 5.39 Å². The van der Waals surface area contributed by atoms with E-state index < -0.39 is 5.41 Å². The number of nitrogens with two attached hydrogens (primary N) is 1. The SMILES string of the molecule is NC(=S)C1(C(=O)NCc2cccc3ccccc23)CC1. The van der Waals surface area contributed by atoms with Gasteiger partial charge in [-0.15, -0.1) is 0 Å². The van der Waals surface area contributed by atoms with Gasteiger partial charge < -0.3 is 11.1 Å². The van der Waals surface area contributed by atoms with Gasteiger partial charge in [0.05, 0.1) is 10.4 Å². The molecule has 0 bridgehead atoms. The van der Waals surface area contributed by atoms with E-state index in [1.807, 2.05) is 24.3 Å². The average Bonchev–Trinajstić information content (AvgIpc) is 3.26. The average molecular weight is 284 g/mol. The summed E-state index contributed by atoms with van der Waals surface area (Å²) in [6, 6.07) is 14.3. The standard InChI is InChI=1S/C16H16N2OS/c17-14(20)16(8-9-16)15(19)18-10-12-6-3-5-11-4-1-2-7-13(11)12/h1-7H,8-10H2,(H2,17,20)(H,18,19). The number of thiocarbonyl (C=S) groups is 1. The van der Waals surface area contributed by atoms with Crippen molar-refractivity contribution >= 4 is 33.9 Å². The van der Waals surface area contributed by atoms with Gasteiger partial charge in [-0.1, -0.05) is 54.7 Å². The van der Waals surface area contributed by atoms with Gasteiger partial charge in [0.25, 0.3) is 0 Å². The second-order valence-corrected chi connectivity index (χ2v) is 5.71. The van der Waals surface area contributed by atoms with Crippen LogP contribution < -0.4 is 11.1 Å². The Labute approximate surface area is 123 Å². The van der Waals surface area contributed by atoms with E-state index in [1.54, 1.807) is 0 Å². The van der Waals surface area contributed by atoms with Crippen LogP contribution >= 0.6 is 12.2 Å². The lowest BCUT2D eigenvalue weighted by Gasteiger charge is -2.14. The van der Waals surface area contributed by atoms with Gasteiger partial charge in [0.2, 0.25) is 5.91 Å². The van der Waals surface area contributed by atoms with Crippen LogP contribution in [0.1, 0.15) is 18.4 Å². The van der Waals surface area contributed by atoms with E-state index in [2.05, 4.69) is 23.5 Å². The zero-order chi connectivity index (χ0) is 14.2. The molecule has 0 aromatic heterocycles. The minimum atomic E-state index is -0.583. The minimum Gasteiger partial charge on any atom is -0.392 e. The van der Waals surface area contributed by atoms with Crippen molar-refractivity contribution in [3.63, 3.8) is 0 Å². The Kier molecular flexibility index (Phi) is 3.18. The summed E-state index contributed by atoms with van der Waals surface area (Å²) < 4.78 is 0. The highest BCUT2D eigenvalue weighted by Crippen LogP contribution is 2.46. The van der Waals surface area contributed by atoms with Crippen LogP contribution in [0.15, 0.2) is 42.5 Å². The van der Waals surface area contributed by atoms with E-state index >= 15 is 0 Å². The van der Waals surface area contributed by atoms with Crippen LogP contribution in [0.3, 0.4) is 0 Å². The Morgan fingerprint density at radius 2 is 1.90 bits per heavy atom. The Hall–Kier alpha value is -1.94. The summed E-state index contributed by atoms with van der Waals surface area (Å²) in [5.74, 6) is -0.0436. The lowest BCUT2D eigenvalue weighted by molar-refractivity contribution is -0.124. The summed E-state index contributed by atoms with van der Waals surface area (Å²) in [4.78, 5) is 12.5. The van der Waals surface area contributed by atoms with Crippen LogP contribution in [0.4, 0.5) is 0 Å². The predicted molar refractivity (Wildman–Crippen MR) is 84.2 cm³/mol. The molecule has 0 atom stereocenters. The number of amides is 1. The first-order valence-electron chi connectivity index (χ1n) is 6.68. The smallest absolute Gasteiger partial charge is 0.233 e. The number of benzene rings is 2. The van der Waals surface area contributed by atoms with Crippen molar-refractivity contribution in [1.82, 2.24) is 5.32 Å². The quantitative estimate of drug-likeness (QED) is 0.848. The maximum Gasteiger partial charge on any atom is 0.233 e. The van der Waals surface area contributed by atoms with E-state index in [4.69, 9.17) is 18.0 Å². The summed E-state index contributed by atoms with van der Waals surface area (Å²) in [6.45, 7) is 0.505. The Bertz CT molecular complexity index is 686. The molecule has 102 valence electrons. The molecule has 4 heteroatoms. The summed E-state index contributed by atoms with van der Waals surface area (Å²) >= 11 is 5.00. The summed E-state index contributed by atoms with van der Waals surface area (Å²) in [7, 11) is 0. The van der Waals surface area contributed by atoms with Crippen LogP contribution in [-0.4, -0.2) is 10.9 Å².